The van der Waals surface area contributed by atoms with Gasteiger partial charge in [0.1, 0.15) is 18.7 Å². The first-order valence-electron chi connectivity index (χ1n) is 7.06. The molecule has 4 nitrogen and oxygen atoms in total. The highest BCUT2D eigenvalue weighted by Crippen LogP contribution is 2.29. The van der Waals surface area contributed by atoms with Crippen molar-refractivity contribution in [2.45, 2.75) is 58.9 Å². The van der Waals surface area contributed by atoms with Gasteiger partial charge in [0, 0.05) is 5.41 Å². The van der Waals surface area contributed by atoms with E-state index in [0.717, 1.165) is 12.8 Å². The van der Waals surface area contributed by atoms with E-state index in [2.05, 4.69) is 16.2 Å². The zero-order valence-electron chi connectivity index (χ0n) is 12.1. The second kappa shape index (κ2) is 5.68. The molecule has 0 aliphatic heterocycles. The van der Waals surface area contributed by atoms with Crippen LogP contribution in [0.4, 0.5) is 0 Å². The molecule has 1 heterocycles. The number of nitrogens with zero attached hydrogens (tertiary/aromatic N) is 3. The lowest BCUT2D eigenvalue weighted by molar-refractivity contribution is -0.128. The standard InChI is InChI=1S/C15H23N3O/c1-15(2,3)14(19)13(18-11-16-10-17-18)9-12-7-5-4-6-8-12/h9-11,13H,4-8H2,1-3H3. The van der Waals surface area contributed by atoms with Gasteiger partial charge in [0.25, 0.3) is 0 Å². The predicted octanol–water partition coefficient (Wildman–Crippen LogP) is 3.32. The summed E-state index contributed by atoms with van der Waals surface area (Å²) in [5.74, 6) is 0.191. The van der Waals surface area contributed by atoms with Gasteiger partial charge in [-0.2, -0.15) is 5.10 Å². The highest BCUT2D eigenvalue weighted by atomic mass is 16.1. The molecule has 19 heavy (non-hydrogen) atoms. The Hall–Kier alpha value is -1.45. The predicted molar refractivity (Wildman–Crippen MR) is 74.7 cm³/mol. The second-order valence-corrected chi connectivity index (χ2v) is 6.32. The van der Waals surface area contributed by atoms with Gasteiger partial charge in [0.2, 0.25) is 0 Å². The van der Waals surface area contributed by atoms with Crippen LogP contribution in [-0.2, 0) is 4.79 Å². The summed E-state index contributed by atoms with van der Waals surface area (Å²) < 4.78 is 1.68. The van der Waals surface area contributed by atoms with Gasteiger partial charge in [-0.25, -0.2) is 9.67 Å². The summed E-state index contributed by atoms with van der Waals surface area (Å²) in [6.07, 6.45) is 11.2. The number of hydrogen-bond donors (Lipinski definition) is 0. The zero-order chi connectivity index (χ0) is 13.9. The lowest BCUT2D eigenvalue weighted by Crippen LogP contribution is -2.30. The molecular weight excluding hydrogens is 238 g/mol. The van der Waals surface area contributed by atoms with Crippen LogP contribution in [0.2, 0.25) is 0 Å². The van der Waals surface area contributed by atoms with Crippen molar-refractivity contribution in [3.05, 3.63) is 24.3 Å². The molecule has 4 heteroatoms. The van der Waals surface area contributed by atoms with Gasteiger partial charge in [-0.1, -0.05) is 38.8 Å². The highest BCUT2D eigenvalue weighted by molar-refractivity contribution is 5.88. The van der Waals surface area contributed by atoms with Crippen LogP contribution >= 0.6 is 0 Å². The van der Waals surface area contributed by atoms with Crippen LogP contribution in [-0.4, -0.2) is 20.5 Å². The minimum atomic E-state index is -0.373. The van der Waals surface area contributed by atoms with Crippen molar-refractivity contribution < 1.29 is 4.79 Å². The monoisotopic (exact) mass is 261 g/mol. The molecule has 0 aromatic carbocycles. The summed E-state index contributed by atoms with van der Waals surface area (Å²) in [5, 5.41) is 4.16. The number of carbonyl (C=O) groups is 1. The van der Waals surface area contributed by atoms with Crippen LogP contribution < -0.4 is 0 Å². The van der Waals surface area contributed by atoms with Crippen LogP contribution in [0.25, 0.3) is 0 Å². The van der Waals surface area contributed by atoms with Crippen LogP contribution in [0.3, 0.4) is 0 Å². The molecule has 0 amide bonds. The quantitative estimate of drug-likeness (QED) is 0.784. The van der Waals surface area contributed by atoms with E-state index >= 15 is 0 Å². The van der Waals surface area contributed by atoms with Crippen LogP contribution in [0, 0.1) is 5.41 Å². The molecule has 1 aromatic rings. The number of allylic oxidation sites excluding steroid dienone is 2. The first kappa shape index (κ1) is 14.0. The summed E-state index contributed by atoms with van der Waals surface area (Å²) in [7, 11) is 0. The largest absolute Gasteiger partial charge is 0.296 e. The molecule has 1 atom stereocenters. The van der Waals surface area contributed by atoms with E-state index in [0.29, 0.717) is 0 Å². The van der Waals surface area contributed by atoms with E-state index in [1.807, 2.05) is 20.8 Å². The maximum atomic E-state index is 12.6. The van der Waals surface area contributed by atoms with Crippen molar-refractivity contribution in [3.8, 4) is 0 Å². The molecule has 0 saturated heterocycles. The van der Waals surface area contributed by atoms with E-state index in [-0.39, 0.29) is 17.2 Å². The SMILES string of the molecule is CC(C)(C)C(=O)C(C=C1CCCCC1)n1cncn1. The minimum Gasteiger partial charge on any atom is -0.296 e. The Morgan fingerprint density at radius 3 is 2.53 bits per heavy atom. The minimum absolute atomic E-state index is 0.191. The molecule has 2 rings (SSSR count). The summed E-state index contributed by atoms with van der Waals surface area (Å²) in [6.45, 7) is 5.87. The summed E-state index contributed by atoms with van der Waals surface area (Å²) >= 11 is 0. The van der Waals surface area contributed by atoms with E-state index in [1.54, 1.807) is 11.0 Å². The molecule has 1 aliphatic rings. The fourth-order valence-electron chi connectivity index (χ4n) is 2.47. The lowest BCUT2D eigenvalue weighted by atomic mass is 9.84. The summed E-state index contributed by atoms with van der Waals surface area (Å²) in [6, 6.07) is -0.310. The van der Waals surface area contributed by atoms with Crippen molar-refractivity contribution in [1.29, 1.82) is 0 Å². The molecule has 0 spiro atoms. The van der Waals surface area contributed by atoms with Gasteiger partial charge in [-0.05, 0) is 25.7 Å². The maximum Gasteiger partial charge on any atom is 0.166 e. The summed E-state index contributed by atoms with van der Waals surface area (Å²) in [5.41, 5.74) is 1.02. The third kappa shape index (κ3) is 3.52. The Bertz CT molecular complexity index is 446. The average Bonchev–Trinajstić information content (AvgIpc) is 2.89. The van der Waals surface area contributed by atoms with Gasteiger partial charge in [-0.15, -0.1) is 0 Å². The molecule has 104 valence electrons. The molecule has 1 aromatic heterocycles. The first-order valence-corrected chi connectivity index (χ1v) is 7.06. The molecule has 1 aliphatic carbocycles. The number of aromatic nitrogens is 3. The van der Waals surface area contributed by atoms with Gasteiger partial charge >= 0.3 is 0 Å². The Kier molecular flexibility index (Phi) is 4.17. The molecule has 1 fully saturated rings. The fourth-order valence-corrected chi connectivity index (χ4v) is 2.47. The van der Waals surface area contributed by atoms with Crippen molar-refractivity contribution in [1.82, 2.24) is 14.8 Å². The Labute approximate surface area is 114 Å². The van der Waals surface area contributed by atoms with Crippen molar-refractivity contribution in [3.63, 3.8) is 0 Å². The Morgan fingerprint density at radius 2 is 2.00 bits per heavy atom. The first-order chi connectivity index (χ1) is 8.98. The summed E-state index contributed by atoms with van der Waals surface area (Å²) in [4.78, 5) is 16.6. The highest BCUT2D eigenvalue weighted by Gasteiger charge is 2.30. The molecular formula is C15H23N3O. The van der Waals surface area contributed by atoms with Gasteiger partial charge in [-0.3, -0.25) is 4.79 Å². The number of hydrogen-bond acceptors (Lipinski definition) is 3. The van der Waals surface area contributed by atoms with Gasteiger partial charge in [0.05, 0.1) is 0 Å². The van der Waals surface area contributed by atoms with E-state index < -0.39 is 0 Å². The average molecular weight is 261 g/mol. The second-order valence-electron chi connectivity index (χ2n) is 6.32. The fraction of sp³-hybridized carbons (Fsp3) is 0.667. The van der Waals surface area contributed by atoms with Crippen LogP contribution in [0.15, 0.2) is 24.3 Å². The normalized spacial score (nSPS) is 18.2. The molecule has 0 radical (unpaired) electrons. The maximum absolute atomic E-state index is 12.6. The van der Waals surface area contributed by atoms with Crippen molar-refractivity contribution in [2.24, 2.45) is 5.41 Å². The van der Waals surface area contributed by atoms with Crippen LogP contribution in [0.1, 0.15) is 58.9 Å². The van der Waals surface area contributed by atoms with E-state index in [4.69, 9.17) is 0 Å². The number of carbonyl (C=O) groups excluding carboxylic acids is 1. The van der Waals surface area contributed by atoms with E-state index in [1.165, 1.54) is 31.2 Å². The third-order valence-corrected chi connectivity index (χ3v) is 3.62. The van der Waals surface area contributed by atoms with Crippen LogP contribution in [0.5, 0.6) is 0 Å². The molecule has 0 bridgehead atoms. The van der Waals surface area contributed by atoms with E-state index in [9.17, 15) is 4.79 Å². The topological polar surface area (TPSA) is 47.8 Å². The van der Waals surface area contributed by atoms with Crippen molar-refractivity contribution in [2.75, 3.05) is 0 Å². The zero-order valence-corrected chi connectivity index (χ0v) is 12.1. The number of ketones is 1. The Morgan fingerprint density at radius 1 is 1.32 bits per heavy atom. The smallest absolute Gasteiger partial charge is 0.166 e. The molecule has 1 saturated carbocycles. The molecule has 0 N–H and O–H groups in total. The van der Waals surface area contributed by atoms with Gasteiger partial charge in [0.15, 0.2) is 5.78 Å². The number of rotatable bonds is 3. The Balaban J connectivity index is 2.27. The van der Waals surface area contributed by atoms with Gasteiger partial charge < -0.3 is 0 Å². The lowest BCUT2D eigenvalue weighted by Gasteiger charge is -2.24. The number of Topliss-reactive ketones (excluding diaryl/α,β-unsaturated/α-hetero) is 1. The third-order valence-electron chi connectivity index (χ3n) is 3.62. The van der Waals surface area contributed by atoms with Crippen molar-refractivity contribution >= 4 is 5.78 Å². The molecule has 1 unspecified atom stereocenters.